The Bertz CT molecular complexity index is 2550. The number of thiophene rings is 1. The smallest absolute Gasteiger partial charge is 0.131 e. The average molecular weight is 571 g/mol. The summed E-state index contributed by atoms with van der Waals surface area (Å²) in [6.45, 7) is 0. The molecule has 3 aromatic heterocycles. The van der Waals surface area contributed by atoms with Crippen LogP contribution in [-0.4, -0.2) is 9.13 Å². The summed E-state index contributed by atoms with van der Waals surface area (Å²) in [5.74, 6) is 0. The predicted octanol–water partition coefficient (Wildman–Crippen LogP) is 11.2. The van der Waals surface area contributed by atoms with Crippen molar-refractivity contribution in [2.24, 2.45) is 0 Å². The van der Waals surface area contributed by atoms with Crippen molar-refractivity contribution in [1.29, 1.82) is 0 Å². The fraction of sp³-hybridized carbons (Fsp3) is 0. The molecule has 2 nitrogen and oxygen atoms in total. The molecule has 0 N–H and O–H groups in total. The first-order valence-corrected chi connectivity index (χ1v) is 15.8. The van der Waals surface area contributed by atoms with Gasteiger partial charge in [0.05, 0.1) is 27.1 Å². The van der Waals surface area contributed by atoms with Crippen LogP contribution in [0.2, 0.25) is 0 Å². The second-order valence-corrected chi connectivity index (χ2v) is 13.0. The minimum Gasteiger partial charge on any atom is -0.293 e. The lowest BCUT2D eigenvalue weighted by atomic mass is 9.99. The van der Waals surface area contributed by atoms with E-state index in [0.29, 0.717) is 0 Å². The number of hydrogen-bond acceptors (Lipinski definition) is 2. The molecule has 0 saturated carbocycles. The zero-order valence-corrected chi connectivity index (χ0v) is 24.0. The first kappa shape index (κ1) is 22.9. The van der Waals surface area contributed by atoms with E-state index in [2.05, 4.69) is 143 Å². The van der Waals surface area contributed by atoms with Crippen molar-refractivity contribution in [1.82, 2.24) is 9.13 Å². The molecule has 196 valence electrons. The highest BCUT2D eigenvalue weighted by molar-refractivity contribution is 7.99. The van der Waals surface area contributed by atoms with Crippen molar-refractivity contribution in [2.45, 2.75) is 9.79 Å². The normalized spacial score (nSPS) is 12.7. The summed E-state index contributed by atoms with van der Waals surface area (Å²) >= 11 is 3.77. The molecule has 4 heteroatoms. The zero-order chi connectivity index (χ0) is 27.4. The number of aromatic nitrogens is 2. The highest BCUT2D eigenvalue weighted by atomic mass is 32.2. The Kier molecular flexibility index (Phi) is 4.57. The minimum atomic E-state index is 1.23. The third-order valence-corrected chi connectivity index (χ3v) is 11.0. The molecule has 0 aliphatic carbocycles. The molecule has 6 aromatic carbocycles. The largest absolute Gasteiger partial charge is 0.293 e. The fourth-order valence-corrected chi connectivity index (χ4v) is 9.33. The number of fused-ring (bicyclic) bond motifs is 10. The molecule has 0 fully saturated rings. The van der Waals surface area contributed by atoms with E-state index in [-0.39, 0.29) is 0 Å². The second kappa shape index (κ2) is 8.39. The van der Waals surface area contributed by atoms with Crippen LogP contribution in [0.3, 0.4) is 0 Å². The Morgan fingerprint density at radius 2 is 1.19 bits per heavy atom. The maximum Gasteiger partial charge on any atom is 0.131 e. The maximum absolute atomic E-state index is 2.55. The molecular formula is C38H22N2S2. The quantitative estimate of drug-likeness (QED) is 0.201. The number of hydrogen-bond donors (Lipinski definition) is 0. The SMILES string of the molecule is c1ccc(-c2cccc3c2c2c4cccc5c4n(c2n3-c2cccc3c2sc2ccccc23)-c2ccccc2S5)cc1. The molecule has 0 saturated heterocycles. The fourth-order valence-electron chi connectivity index (χ4n) is 7.03. The van der Waals surface area contributed by atoms with Crippen LogP contribution >= 0.6 is 23.1 Å². The summed E-state index contributed by atoms with van der Waals surface area (Å²) in [5, 5.41) is 6.57. The van der Waals surface area contributed by atoms with Gasteiger partial charge in [0.25, 0.3) is 0 Å². The maximum atomic E-state index is 2.55. The molecule has 1 aliphatic rings. The Morgan fingerprint density at radius 3 is 2.14 bits per heavy atom. The van der Waals surface area contributed by atoms with Gasteiger partial charge in [0, 0.05) is 41.4 Å². The van der Waals surface area contributed by atoms with Crippen LogP contribution < -0.4 is 0 Å². The Hall–Kier alpha value is -4.77. The lowest BCUT2D eigenvalue weighted by Gasteiger charge is -2.21. The number of benzene rings is 6. The average Bonchev–Trinajstić information content (AvgIpc) is 3.70. The standard InChI is InChI=1S/C38H22N2S2/c1-2-11-23(12-3-1)24-14-8-18-29-34(24)35-27-16-10-22-33-36(27)40(28-17-5-7-21-32(28)41-33)38(35)39(29)30-19-9-15-26-25-13-4-6-20-31(25)42-37(26)30/h1-22H. The van der Waals surface area contributed by atoms with E-state index in [1.165, 1.54) is 85.3 Å². The Balaban J connectivity index is 1.49. The summed E-state index contributed by atoms with van der Waals surface area (Å²) in [4.78, 5) is 2.59. The van der Waals surface area contributed by atoms with Crippen molar-refractivity contribution >= 4 is 76.1 Å². The molecule has 0 atom stereocenters. The summed E-state index contributed by atoms with van der Waals surface area (Å²) in [5.41, 5.74) is 8.75. The summed E-state index contributed by atoms with van der Waals surface area (Å²) in [7, 11) is 0. The van der Waals surface area contributed by atoms with Gasteiger partial charge >= 0.3 is 0 Å². The Morgan fingerprint density at radius 1 is 0.476 bits per heavy atom. The van der Waals surface area contributed by atoms with Gasteiger partial charge in [-0.3, -0.25) is 9.13 Å². The number of rotatable bonds is 2. The van der Waals surface area contributed by atoms with Gasteiger partial charge in [-0.1, -0.05) is 109 Å². The summed E-state index contributed by atoms with van der Waals surface area (Å²) in [6, 6.07) is 48.9. The summed E-state index contributed by atoms with van der Waals surface area (Å²) < 4.78 is 7.72. The highest BCUT2D eigenvalue weighted by Gasteiger charge is 2.29. The monoisotopic (exact) mass is 570 g/mol. The van der Waals surface area contributed by atoms with E-state index in [1.807, 2.05) is 23.1 Å². The van der Waals surface area contributed by atoms with Crippen LogP contribution in [0.15, 0.2) is 143 Å². The first-order valence-electron chi connectivity index (χ1n) is 14.2. The zero-order valence-electron chi connectivity index (χ0n) is 22.4. The molecule has 10 rings (SSSR count). The van der Waals surface area contributed by atoms with E-state index < -0.39 is 0 Å². The van der Waals surface area contributed by atoms with E-state index in [1.54, 1.807) is 0 Å². The van der Waals surface area contributed by atoms with Gasteiger partial charge in [0.2, 0.25) is 0 Å². The van der Waals surface area contributed by atoms with Crippen LogP contribution in [-0.2, 0) is 0 Å². The topological polar surface area (TPSA) is 9.86 Å². The lowest BCUT2D eigenvalue weighted by Crippen LogP contribution is -2.05. The van der Waals surface area contributed by atoms with Crippen molar-refractivity contribution in [3.63, 3.8) is 0 Å². The van der Waals surface area contributed by atoms with E-state index in [4.69, 9.17) is 0 Å². The van der Waals surface area contributed by atoms with Crippen molar-refractivity contribution in [3.05, 3.63) is 133 Å². The van der Waals surface area contributed by atoms with Gasteiger partial charge in [-0.15, -0.1) is 11.3 Å². The van der Waals surface area contributed by atoms with Gasteiger partial charge in [0.1, 0.15) is 5.65 Å². The highest BCUT2D eigenvalue weighted by Crippen LogP contribution is 2.51. The number of para-hydroxylation sites is 2. The van der Waals surface area contributed by atoms with Crippen molar-refractivity contribution in [3.8, 4) is 22.5 Å². The molecule has 0 radical (unpaired) electrons. The van der Waals surface area contributed by atoms with E-state index >= 15 is 0 Å². The van der Waals surface area contributed by atoms with Crippen molar-refractivity contribution < 1.29 is 0 Å². The molecule has 1 aliphatic heterocycles. The van der Waals surface area contributed by atoms with Crippen LogP contribution in [0, 0.1) is 0 Å². The van der Waals surface area contributed by atoms with Gasteiger partial charge < -0.3 is 0 Å². The van der Waals surface area contributed by atoms with Gasteiger partial charge in [-0.25, -0.2) is 0 Å². The third kappa shape index (κ3) is 2.90. The molecule has 4 heterocycles. The number of nitrogens with zero attached hydrogens (tertiary/aromatic N) is 2. The van der Waals surface area contributed by atoms with Gasteiger partial charge in [0.15, 0.2) is 0 Å². The third-order valence-electron chi connectivity index (χ3n) is 8.71. The molecule has 0 amide bonds. The molecule has 9 aromatic rings. The van der Waals surface area contributed by atoms with E-state index in [0.717, 1.165) is 0 Å². The lowest BCUT2D eigenvalue weighted by molar-refractivity contribution is 1.03. The first-order chi connectivity index (χ1) is 20.9. The second-order valence-electron chi connectivity index (χ2n) is 10.9. The molecule has 0 bridgehead atoms. The van der Waals surface area contributed by atoms with Crippen LogP contribution in [0.4, 0.5) is 0 Å². The molecule has 42 heavy (non-hydrogen) atoms. The molecule has 0 unspecified atom stereocenters. The van der Waals surface area contributed by atoms with Crippen LogP contribution in [0.25, 0.3) is 75.5 Å². The van der Waals surface area contributed by atoms with Crippen LogP contribution in [0.1, 0.15) is 0 Å². The molecule has 0 spiro atoms. The predicted molar refractivity (Wildman–Crippen MR) is 180 cm³/mol. The van der Waals surface area contributed by atoms with Gasteiger partial charge in [-0.2, -0.15) is 0 Å². The minimum absolute atomic E-state index is 1.23. The Labute approximate surface area is 250 Å². The summed E-state index contributed by atoms with van der Waals surface area (Å²) in [6.07, 6.45) is 0. The van der Waals surface area contributed by atoms with Crippen molar-refractivity contribution in [2.75, 3.05) is 0 Å². The van der Waals surface area contributed by atoms with Gasteiger partial charge in [-0.05, 0) is 47.5 Å². The van der Waals surface area contributed by atoms with Crippen LogP contribution in [0.5, 0.6) is 0 Å². The van der Waals surface area contributed by atoms with E-state index in [9.17, 15) is 0 Å². The molecular weight excluding hydrogens is 549 g/mol.